The van der Waals surface area contributed by atoms with Crippen LogP contribution in [-0.2, 0) is 20.8 Å². The predicted molar refractivity (Wildman–Crippen MR) is 111 cm³/mol. The Balaban J connectivity index is 2.15. The van der Waals surface area contributed by atoms with E-state index in [1.807, 2.05) is 32.2 Å². The molecule has 160 valence electrons. The molecule has 0 bridgehead atoms. The predicted octanol–water partition coefficient (Wildman–Crippen LogP) is 1.23. The summed E-state index contributed by atoms with van der Waals surface area (Å²) in [5.74, 6) is -0.742. The molecule has 0 aliphatic rings. The highest BCUT2D eigenvalue weighted by Gasteiger charge is 2.19. The first-order valence-electron chi connectivity index (χ1n) is 9.34. The largest absolute Gasteiger partial charge is 0.496 e. The van der Waals surface area contributed by atoms with Gasteiger partial charge in [0.2, 0.25) is 0 Å². The summed E-state index contributed by atoms with van der Waals surface area (Å²) in [5, 5.41) is 2.70. The Kier molecular flexibility index (Phi) is 7.94. The lowest BCUT2D eigenvalue weighted by atomic mass is 10.1. The molecular weight excluding hydrogens is 388 g/mol. The maximum Gasteiger partial charge on any atom is 0.339 e. The molecule has 1 atom stereocenters. The maximum absolute atomic E-state index is 12.6. The molecule has 2 N–H and O–H groups in total. The van der Waals surface area contributed by atoms with Crippen LogP contribution in [0.3, 0.4) is 0 Å². The van der Waals surface area contributed by atoms with Crippen molar-refractivity contribution in [3.63, 3.8) is 0 Å². The lowest BCUT2D eigenvalue weighted by molar-refractivity contribution is -0.885. The minimum absolute atomic E-state index is 0.139. The van der Waals surface area contributed by atoms with E-state index in [-0.39, 0.29) is 29.3 Å². The second-order valence-corrected chi connectivity index (χ2v) is 6.92. The number of nitrogens with one attached hydrogen (secondary N) is 2. The average Bonchev–Trinajstić information content (AvgIpc) is 2.72. The Morgan fingerprint density at radius 3 is 2.30 bits per heavy atom. The van der Waals surface area contributed by atoms with Crippen molar-refractivity contribution in [3.05, 3.63) is 58.7 Å². The minimum Gasteiger partial charge on any atom is -0.496 e. The number of amides is 1. The standard InChI is InChI=1S/C22H26N2O6/c1-14-6-9-19(28-3)16(10-14)12-24(2)13-20(25)23-18-11-15(21(26)29-4)7-8-17(18)22(27)30-5/h6-11H,12-13H2,1-5H3,(H,23,25)/p+1. The summed E-state index contributed by atoms with van der Waals surface area (Å²) >= 11 is 0. The van der Waals surface area contributed by atoms with E-state index in [0.29, 0.717) is 6.54 Å². The monoisotopic (exact) mass is 415 g/mol. The summed E-state index contributed by atoms with van der Waals surface area (Å²) in [4.78, 5) is 37.4. The first-order valence-corrected chi connectivity index (χ1v) is 9.34. The van der Waals surface area contributed by atoms with Crippen LogP contribution in [0.5, 0.6) is 5.75 Å². The van der Waals surface area contributed by atoms with Gasteiger partial charge in [-0.3, -0.25) is 4.79 Å². The van der Waals surface area contributed by atoms with E-state index < -0.39 is 11.9 Å². The van der Waals surface area contributed by atoms with Gasteiger partial charge in [-0.25, -0.2) is 9.59 Å². The molecule has 30 heavy (non-hydrogen) atoms. The van der Waals surface area contributed by atoms with Gasteiger partial charge in [-0.15, -0.1) is 0 Å². The number of carbonyl (C=O) groups is 3. The highest BCUT2D eigenvalue weighted by molar-refractivity contribution is 6.03. The summed E-state index contributed by atoms with van der Waals surface area (Å²) in [7, 11) is 5.99. The first kappa shape index (κ1) is 22.9. The highest BCUT2D eigenvalue weighted by atomic mass is 16.5. The molecule has 1 unspecified atom stereocenters. The van der Waals surface area contributed by atoms with Gasteiger partial charge in [0.15, 0.2) is 6.54 Å². The van der Waals surface area contributed by atoms with E-state index in [1.54, 1.807) is 7.11 Å². The molecule has 0 fully saturated rings. The third-order valence-electron chi connectivity index (χ3n) is 4.51. The summed E-state index contributed by atoms with van der Waals surface area (Å²) < 4.78 is 14.9. The second kappa shape index (κ2) is 10.4. The lowest BCUT2D eigenvalue weighted by Gasteiger charge is -2.17. The van der Waals surface area contributed by atoms with E-state index in [2.05, 4.69) is 5.32 Å². The number of hydrogen-bond acceptors (Lipinski definition) is 6. The number of hydrogen-bond donors (Lipinski definition) is 2. The van der Waals surface area contributed by atoms with Gasteiger partial charge in [0.25, 0.3) is 5.91 Å². The number of benzene rings is 2. The Hall–Kier alpha value is -3.39. The summed E-state index contributed by atoms with van der Waals surface area (Å²) in [6.45, 7) is 2.71. The van der Waals surface area contributed by atoms with E-state index in [4.69, 9.17) is 14.2 Å². The number of anilines is 1. The topological polar surface area (TPSA) is 95.4 Å². The van der Waals surface area contributed by atoms with Crippen molar-refractivity contribution >= 4 is 23.5 Å². The molecule has 1 amide bonds. The highest BCUT2D eigenvalue weighted by Crippen LogP contribution is 2.20. The van der Waals surface area contributed by atoms with Crippen LogP contribution in [0.2, 0.25) is 0 Å². The number of carbonyl (C=O) groups excluding carboxylic acids is 3. The number of aryl methyl sites for hydroxylation is 1. The van der Waals surface area contributed by atoms with Crippen LogP contribution in [0, 0.1) is 6.92 Å². The fraction of sp³-hybridized carbons (Fsp3) is 0.318. The van der Waals surface area contributed by atoms with E-state index in [9.17, 15) is 14.4 Å². The SMILES string of the molecule is COC(=O)c1ccc(C(=O)OC)c(NC(=O)C[NH+](C)Cc2cc(C)ccc2OC)c1. The summed E-state index contributed by atoms with van der Waals surface area (Å²) in [6, 6.07) is 10.1. The third-order valence-corrected chi connectivity index (χ3v) is 4.51. The van der Waals surface area contributed by atoms with Crippen molar-refractivity contribution in [1.29, 1.82) is 0 Å². The van der Waals surface area contributed by atoms with Gasteiger partial charge in [0, 0.05) is 5.56 Å². The average molecular weight is 415 g/mol. The number of ether oxygens (including phenoxy) is 3. The van der Waals surface area contributed by atoms with Crippen molar-refractivity contribution < 1.29 is 33.5 Å². The molecule has 0 radical (unpaired) electrons. The molecule has 0 heterocycles. The van der Waals surface area contributed by atoms with Gasteiger partial charge in [-0.1, -0.05) is 11.6 Å². The fourth-order valence-electron chi connectivity index (χ4n) is 3.08. The quantitative estimate of drug-likeness (QED) is 0.630. The van der Waals surface area contributed by atoms with Crippen LogP contribution in [0.15, 0.2) is 36.4 Å². The third kappa shape index (κ3) is 5.81. The number of methoxy groups -OCH3 is 3. The van der Waals surface area contributed by atoms with Gasteiger partial charge in [0.05, 0.1) is 45.2 Å². The van der Waals surface area contributed by atoms with Gasteiger partial charge in [0.1, 0.15) is 12.3 Å². The van der Waals surface area contributed by atoms with Crippen LogP contribution in [0.1, 0.15) is 31.8 Å². The van der Waals surface area contributed by atoms with Gasteiger partial charge in [-0.05, 0) is 37.3 Å². The van der Waals surface area contributed by atoms with Crippen LogP contribution < -0.4 is 15.0 Å². The van der Waals surface area contributed by atoms with Gasteiger partial charge in [-0.2, -0.15) is 0 Å². The van der Waals surface area contributed by atoms with Crippen molar-refractivity contribution in [1.82, 2.24) is 0 Å². The van der Waals surface area contributed by atoms with Crippen LogP contribution in [0.4, 0.5) is 5.69 Å². The number of rotatable bonds is 8. The van der Waals surface area contributed by atoms with Crippen LogP contribution in [0.25, 0.3) is 0 Å². The molecule has 0 aliphatic carbocycles. The number of quaternary nitrogens is 1. The zero-order chi connectivity index (χ0) is 22.3. The molecule has 0 aromatic heterocycles. The Morgan fingerprint density at radius 2 is 1.67 bits per heavy atom. The zero-order valence-corrected chi connectivity index (χ0v) is 17.8. The van der Waals surface area contributed by atoms with Crippen molar-refractivity contribution in [2.45, 2.75) is 13.5 Å². The normalized spacial score (nSPS) is 11.4. The molecule has 0 aliphatic heterocycles. The Labute approximate surface area is 175 Å². The summed E-state index contributed by atoms with van der Waals surface area (Å²) in [6.07, 6.45) is 0. The lowest BCUT2D eigenvalue weighted by Crippen LogP contribution is -3.08. The van der Waals surface area contributed by atoms with E-state index >= 15 is 0 Å². The zero-order valence-electron chi connectivity index (χ0n) is 17.8. The molecular formula is C22H27N2O6+. The Bertz CT molecular complexity index is 941. The molecule has 0 saturated heterocycles. The minimum atomic E-state index is -0.619. The van der Waals surface area contributed by atoms with E-state index in [0.717, 1.165) is 21.8 Å². The number of likely N-dealkylation sites (N-methyl/N-ethyl adjacent to an activating group) is 1. The Morgan fingerprint density at radius 1 is 0.967 bits per heavy atom. The van der Waals surface area contributed by atoms with Crippen molar-refractivity contribution in [3.8, 4) is 5.75 Å². The first-order chi connectivity index (χ1) is 14.3. The summed E-state index contributed by atoms with van der Waals surface area (Å²) in [5.41, 5.74) is 2.65. The maximum atomic E-state index is 12.6. The van der Waals surface area contributed by atoms with Gasteiger partial charge < -0.3 is 24.4 Å². The molecule has 0 saturated carbocycles. The van der Waals surface area contributed by atoms with E-state index in [1.165, 1.54) is 32.4 Å². The molecule has 8 nitrogen and oxygen atoms in total. The van der Waals surface area contributed by atoms with Crippen LogP contribution in [-0.4, -0.2) is 52.8 Å². The second-order valence-electron chi connectivity index (χ2n) is 6.92. The molecule has 2 rings (SSSR count). The fourth-order valence-corrected chi connectivity index (χ4v) is 3.08. The molecule has 8 heteroatoms. The smallest absolute Gasteiger partial charge is 0.339 e. The van der Waals surface area contributed by atoms with Gasteiger partial charge >= 0.3 is 11.9 Å². The molecule has 0 spiro atoms. The molecule has 2 aromatic carbocycles. The van der Waals surface area contributed by atoms with Crippen LogP contribution >= 0.6 is 0 Å². The van der Waals surface area contributed by atoms with Crippen molar-refractivity contribution in [2.24, 2.45) is 0 Å². The molecule has 2 aromatic rings. The number of esters is 2. The van der Waals surface area contributed by atoms with Crippen molar-refractivity contribution in [2.75, 3.05) is 40.2 Å².